The van der Waals surface area contributed by atoms with Crippen molar-refractivity contribution in [3.05, 3.63) is 17.7 Å². The summed E-state index contributed by atoms with van der Waals surface area (Å²) in [6, 6.07) is 0. The van der Waals surface area contributed by atoms with Crippen molar-refractivity contribution in [2.45, 2.75) is 26.2 Å². The molecule has 0 bridgehead atoms. The summed E-state index contributed by atoms with van der Waals surface area (Å²) in [6.45, 7) is 2.35. The van der Waals surface area contributed by atoms with Gasteiger partial charge in [-0.25, -0.2) is 4.98 Å². The summed E-state index contributed by atoms with van der Waals surface area (Å²) in [7, 11) is 2.03. The van der Waals surface area contributed by atoms with Crippen molar-refractivity contribution < 1.29 is 5.11 Å². The zero-order valence-corrected chi connectivity index (χ0v) is 7.75. The smallest absolute Gasteiger partial charge is 0.108 e. The minimum Gasteiger partial charge on any atom is -0.396 e. The van der Waals surface area contributed by atoms with Crippen LogP contribution in [0.4, 0.5) is 0 Å². The van der Waals surface area contributed by atoms with Crippen LogP contribution in [0.5, 0.6) is 0 Å². The summed E-state index contributed by atoms with van der Waals surface area (Å²) in [4.78, 5) is 4.27. The molecule has 0 aliphatic heterocycles. The summed E-state index contributed by atoms with van der Waals surface area (Å²) < 4.78 is 2.11. The summed E-state index contributed by atoms with van der Waals surface area (Å²) in [6.07, 6.45) is 4.60. The van der Waals surface area contributed by atoms with Crippen molar-refractivity contribution in [1.29, 1.82) is 0 Å². The molecule has 0 aliphatic carbocycles. The van der Waals surface area contributed by atoms with Crippen molar-refractivity contribution in [3.8, 4) is 0 Å². The summed E-state index contributed by atoms with van der Waals surface area (Å²) in [5, 5.41) is 8.65. The number of hydrogen-bond donors (Lipinski definition) is 1. The molecule has 0 radical (unpaired) electrons. The van der Waals surface area contributed by atoms with Crippen LogP contribution >= 0.6 is 0 Å². The average molecular weight is 168 g/mol. The van der Waals surface area contributed by atoms with Crippen LogP contribution in [0.3, 0.4) is 0 Å². The van der Waals surface area contributed by atoms with Gasteiger partial charge >= 0.3 is 0 Å². The van der Waals surface area contributed by atoms with Crippen molar-refractivity contribution >= 4 is 0 Å². The van der Waals surface area contributed by atoms with Gasteiger partial charge in [-0.1, -0.05) is 6.92 Å². The second-order valence-electron chi connectivity index (χ2n) is 2.91. The zero-order valence-electron chi connectivity index (χ0n) is 7.75. The van der Waals surface area contributed by atoms with Gasteiger partial charge in [0.15, 0.2) is 0 Å². The van der Waals surface area contributed by atoms with E-state index in [9.17, 15) is 0 Å². The van der Waals surface area contributed by atoms with Gasteiger partial charge in [0.1, 0.15) is 5.82 Å². The Kier molecular flexibility index (Phi) is 3.29. The quantitative estimate of drug-likeness (QED) is 0.725. The third-order valence-corrected chi connectivity index (χ3v) is 2.09. The van der Waals surface area contributed by atoms with Crippen LogP contribution < -0.4 is 0 Å². The molecular weight excluding hydrogens is 152 g/mol. The van der Waals surface area contributed by atoms with Crippen molar-refractivity contribution in [2.24, 2.45) is 7.05 Å². The van der Waals surface area contributed by atoms with E-state index in [-0.39, 0.29) is 6.61 Å². The van der Waals surface area contributed by atoms with Gasteiger partial charge < -0.3 is 9.67 Å². The highest BCUT2D eigenvalue weighted by atomic mass is 16.2. The molecule has 0 aromatic carbocycles. The Hall–Kier alpha value is -0.830. The minimum absolute atomic E-state index is 0.257. The van der Waals surface area contributed by atoms with Crippen LogP contribution in [-0.2, 0) is 19.9 Å². The third-order valence-electron chi connectivity index (χ3n) is 2.09. The standard InChI is InChI=1S/C9H16N2O/c1-3-9-10-7-8(11(9)2)5-4-6-12/h7,12H,3-6H2,1-2H3. The minimum atomic E-state index is 0.257. The molecule has 0 aliphatic rings. The first-order chi connectivity index (χ1) is 5.79. The topological polar surface area (TPSA) is 38.1 Å². The summed E-state index contributed by atoms with van der Waals surface area (Å²) in [5.41, 5.74) is 1.21. The zero-order chi connectivity index (χ0) is 8.97. The average Bonchev–Trinajstić information content (AvgIpc) is 2.43. The van der Waals surface area contributed by atoms with E-state index in [2.05, 4.69) is 16.5 Å². The molecule has 68 valence electrons. The molecule has 3 nitrogen and oxygen atoms in total. The monoisotopic (exact) mass is 168 g/mol. The second kappa shape index (κ2) is 4.26. The molecule has 1 aromatic heterocycles. The van der Waals surface area contributed by atoms with Gasteiger partial charge in [-0.15, -0.1) is 0 Å². The Morgan fingerprint density at radius 2 is 2.33 bits per heavy atom. The lowest BCUT2D eigenvalue weighted by molar-refractivity contribution is 0.287. The predicted octanol–water partition coefficient (Wildman–Crippen LogP) is 0.907. The number of rotatable bonds is 4. The van der Waals surface area contributed by atoms with E-state index in [1.54, 1.807) is 0 Å². The number of imidazole rings is 1. The summed E-state index contributed by atoms with van der Waals surface area (Å²) in [5.74, 6) is 1.11. The fourth-order valence-corrected chi connectivity index (χ4v) is 1.31. The van der Waals surface area contributed by atoms with Crippen LogP contribution in [-0.4, -0.2) is 21.3 Å². The number of aliphatic hydroxyl groups excluding tert-OH is 1. The Morgan fingerprint density at radius 1 is 1.58 bits per heavy atom. The Balaban J connectivity index is 2.66. The fourth-order valence-electron chi connectivity index (χ4n) is 1.31. The van der Waals surface area contributed by atoms with Crippen LogP contribution in [0.2, 0.25) is 0 Å². The first kappa shape index (κ1) is 9.26. The number of hydrogen-bond acceptors (Lipinski definition) is 2. The van der Waals surface area contributed by atoms with Crippen molar-refractivity contribution in [3.63, 3.8) is 0 Å². The van der Waals surface area contributed by atoms with Gasteiger partial charge in [0.2, 0.25) is 0 Å². The first-order valence-electron chi connectivity index (χ1n) is 4.40. The number of aromatic nitrogens is 2. The van der Waals surface area contributed by atoms with E-state index in [1.165, 1.54) is 5.69 Å². The van der Waals surface area contributed by atoms with Crippen LogP contribution in [0.25, 0.3) is 0 Å². The van der Waals surface area contributed by atoms with Gasteiger partial charge in [0.05, 0.1) is 0 Å². The fraction of sp³-hybridized carbons (Fsp3) is 0.667. The highest BCUT2D eigenvalue weighted by Gasteiger charge is 2.02. The summed E-state index contributed by atoms with van der Waals surface area (Å²) >= 11 is 0. The molecule has 1 rings (SSSR count). The Morgan fingerprint density at radius 3 is 2.83 bits per heavy atom. The highest BCUT2D eigenvalue weighted by molar-refractivity contribution is 5.04. The Bertz CT molecular complexity index is 243. The van der Waals surface area contributed by atoms with E-state index < -0.39 is 0 Å². The molecule has 0 saturated heterocycles. The molecule has 12 heavy (non-hydrogen) atoms. The molecule has 1 heterocycles. The number of aryl methyl sites for hydroxylation is 2. The molecule has 0 saturated carbocycles. The van der Waals surface area contributed by atoms with Crippen molar-refractivity contribution in [1.82, 2.24) is 9.55 Å². The maximum atomic E-state index is 8.65. The lowest BCUT2D eigenvalue weighted by Crippen LogP contribution is -2.01. The second-order valence-corrected chi connectivity index (χ2v) is 2.91. The highest BCUT2D eigenvalue weighted by Crippen LogP contribution is 2.05. The number of aliphatic hydroxyl groups is 1. The SMILES string of the molecule is CCc1ncc(CCCO)n1C. The van der Waals surface area contributed by atoms with E-state index in [4.69, 9.17) is 5.11 Å². The molecule has 0 amide bonds. The van der Waals surface area contributed by atoms with Gasteiger partial charge in [0, 0.05) is 32.0 Å². The molecule has 0 spiro atoms. The van der Waals surface area contributed by atoms with E-state index in [1.807, 2.05) is 13.2 Å². The van der Waals surface area contributed by atoms with Crippen molar-refractivity contribution in [2.75, 3.05) is 6.61 Å². The van der Waals surface area contributed by atoms with Gasteiger partial charge in [-0.05, 0) is 12.8 Å². The largest absolute Gasteiger partial charge is 0.396 e. The van der Waals surface area contributed by atoms with Crippen LogP contribution in [0, 0.1) is 0 Å². The van der Waals surface area contributed by atoms with Crippen LogP contribution in [0.1, 0.15) is 24.9 Å². The molecule has 0 atom stereocenters. The molecule has 0 fully saturated rings. The van der Waals surface area contributed by atoms with Gasteiger partial charge in [-0.3, -0.25) is 0 Å². The Labute approximate surface area is 73.1 Å². The predicted molar refractivity (Wildman–Crippen MR) is 48.0 cm³/mol. The lowest BCUT2D eigenvalue weighted by Gasteiger charge is -2.02. The maximum Gasteiger partial charge on any atom is 0.108 e. The van der Waals surface area contributed by atoms with Crippen LogP contribution in [0.15, 0.2) is 6.20 Å². The molecule has 1 N–H and O–H groups in total. The lowest BCUT2D eigenvalue weighted by atomic mass is 10.2. The number of nitrogens with zero attached hydrogens (tertiary/aromatic N) is 2. The first-order valence-corrected chi connectivity index (χ1v) is 4.40. The van der Waals surface area contributed by atoms with E-state index >= 15 is 0 Å². The molecule has 0 unspecified atom stereocenters. The van der Waals surface area contributed by atoms with Gasteiger partial charge in [0.25, 0.3) is 0 Å². The van der Waals surface area contributed by atoms with E-state index in [0.29, 0.717) is 0 Å². The third kappa shape index (κ3) is 1.85. The normalized spacial score (nSPS) is 10.6. The van der Waals surface area contributed by atoms with E-state index in [0.717, 1.165) is 25.1 Å². The maximum absolute atomic E-state index is 8.65. The molecule has 3 heteroatoms. The van der Waals surface area contributed by atoms with Gasteiger partial charge in [-0.2, -0.15) is 0 Å². The molecule has 1 aromatic rings. The molecular formula is C9H16N2O.